The van der Waals surface area contributed by atoms with Crippen molar-refractivity contribution < 1.29 is 37.4 Å². The Morgan fingerprint density at radius 3 is 2.59 bits per heavy atom. The standard InChI is InChI=1S/C22H28FN4O9P/c1-13(2)34-20(30)14(3)26-37(32,36-15-8-6-5-7-9-15)33-12-22(24-4)18(23)17(29)19(35-22)27-11-10-16(28)25-21(27)31/h5-11,13-14,17-19,29H,4,12H2,1-3H3,(H,26,32)(H,25,28,31)/t14-,17+,18-,19+,22+,37?/m0/s1. The van der Waals surface area contributed by atoms with Gasteiger partial charge in [-0.1, -0.05) is 18.2 Å². The Morgan fingerprint density at radius 2 is 2.00 bits per heavy atom. The Balaban J connectivity index is 1.86. The summed E-state index contributed by atoms with van der Waals surface area (Å²) in [5.74, 6) is -0.648. The summed E-state index contributed by atoms with van der Waals surface area (Å²) in [6.45, 7) is 7.02. The first-order valence-electron chi connectivity index (χ1n) is 11.2. The predicted molar refractivity (Wildman–Crippen MR) is 129 cm³/mol. The molecule has 0 radical (unpaired) electrons. The largest absolute Gasteiger partial charge is 0.462 e. The van der Waals surface area contributed by atoms with E-state index in [2.05, 4.69) is 16.8 Å². The molecule has 0 bridgehead atoms. The second-order valence-electron chi connectivity index (χ2n) is 8.43. The quantitative estimate of drug-likeness (QED) is 0.214. The van der Waals surface area contributed by atoms with Crippen LogP contribution in [0.4, 0.5) is 4.39 Å². The van der Waals surface area contributed by atoms with Crippen LogP contribution in [0.25, 0.3) is 0 Å². The van der Waals surface area contributed by atoms with E-state index in [1.807, 2.05) is 4.98 Å². The van der Waals surface area contributed by atoms with Crippen molar-refractivity contribution in [2.45, 2.75) is 57.1 Å². The lowest BCUT2D eigenvalue weighted by atomic mass is 10.1. The Kier molecular flexibility index (Phi) is 8.82. The predicted octanol–water partition coefficient (Wildman–Crippen LogP) is 1.29. The molecule has 1 aliphatic heterocycles. The number of aliphatic imine (C=N–C) groups is 1. The fraction of sp³-hybridized carbons (Fsp3) is 0.455. The van der Waals surface area contributed by atoms with E-state index < -0.39 is 67.9 Å². The number of H-pyrrole nitrogens is 1. The highest BCUT2D eigenvalue weighted by atomic mass is 31.2. The van der Waals surface area contributed by atoms with Gasteiger partial charge in [-0.05, 0) is 39.6 Å². The average Bonchev–Trinajstić information content (AvgIpc) is 3.08. The van der Waals surface area contributed by atoms with Crippen LogP contribution in [0.3, 0.4) is 0 Å². The fourth-order valence-corrected chi connectivity index (χ4v) is 4.91. The van der Waals surface area contributed by atoms with Gasteiger partial charge in [0.05, 0.1) is 6.10 Å². The minimum Gasteiger partial charge on any atom is -0.462 e. The lowest BCUT2D eigenvalue weighted by Gasteiger charge is -2.29. The molecule has 1 aromatic heterocycles. The second kappa shape index (κ2) is 11.5. The molecule has 37 heavy (non-hydrogen) atoms. The summed E-state index contributed by atoms with van der Waals surface area (Å²) in [4.78, 5) is 41.4. The zero-order valence-electron chi connectivity index (χ0n) is 20.3. The van der Waals surface area contributed by atoms with E-state index in [1.165, 1.54) is 19.1 Å². The summed E-state index contributed by atoms with van der Waals surface area (Å²) in [5, 5.41) is 12.9. The van der Waals surface area contributed by atoms with Crippen molar-refractivity contribution in [2.75, 3.05) is 6.61 Å². The number of aromatic amines is 1. The van der Waals surface area contributed by atoms with Crippen LogP contribution in [0, 0.1) is 0 Å². The molecule has 1 unspecified atom stereocenters. The monoisotopic (exact) mass is 542 g/mol. The van der Waals surface area contributed by atoms with Crippen LogP contribution in [-0.2, 0) is 23.4 Å². The number of aliphatic hydroxyl groups excluding tert-OH is 1. The molecule has 1 aliphatic rings. The summed E-state index contributed by atoms with van der Waals surface area (Å²) in [7, 11) is -4.44. The number of rotatable bonds is 11. The normalized spacial score (nSPS) is 25.8. The van der Waals surface area contributed by atoms with Gasteiger partial charge in [-0.3, -0.25) is 28.7 Å². The maximum Gasteiger partial charge on any atom is 0.459 e. The number of halogens is 1. The molecular formula is C22H28FN4O9P. The van der Waals surface area contributed by atoms with Crippen LogP contribution in [0.1, 0.15) is 27.0 Å². The highest BCUT2D eigenvalue weighted by Crippen LogP contribution is 2.48. The van der Waals surface area contributed by atoms with Crippen molar-refractivity contribution in [3.8, 4) is 5.75 Å². The number of nitrogens with one attached hydrogen (secondary N) is 2. The number of carbonyl (C=O) groups is 1. The summed E-state index contributed by atoms with van der Waals surface area (Å²) in [6.07, 6.45) is -5.32. The van der Waals surface area contributed by atoms with Crippen LogP contribution < -0.4 is 20.9 Å². The molecular weight excluding hydrogens is 514 g/mol. The number of aliphatic hydroxyl groups is 1. The van der Waals surface area contributed by atoms with Crippen molar-refractivity contribution in [3.63, 3.8) is 0 Å². The molecule has 2 aromatic rings. The lowest BCUT2D eigenvalue weighted by Crippen LogP contribution is -2.43. The molecule has 202 valence electrons. The van der Waals surface area contributed by atoms with Gasteiger partial charge in [0.25, 0.3) is 5.56 Å². The number of esters is 1. The summed E-state index contributed by atoms with van der Waals surface area (Å²) < 4.78 is 51.3. The first-order chi connectivity index (χ1) is 17.4. The van der Waals surface area contributed by atoms with E-state index in [4.69, 9.17) is 18.5 Å². The first-order valence-corrected chi connectivity index (χ1v) is 12.7. The molecule has 3 N–H and O–H groups in total. The number of benzene rings is 1. The Morgan fingerprint density at radius 1 is 1.32 bits per heavy atom. The van der Waals surface area contributed by atoms with Crippen LogP contribution >= 0.6 is 7.75 Å². The molecule has 2 heterocycles. The number of ether oxygens (including phenoxy) is 2. The van der Waals surface area contributed by atoms with E-state index >= 15 is 4.39 Å². The molecule has 3 rings (SSSR count). The topological polar surface area (TPSA) is 171 Å². The first kappa shape index (κ1) is 28.4. The number of para-hydroxylation sites is 1. The third-order valence-corrected chi connectivity index (χ3v) is 6.83. The molecule has 13 nitrogen and oxygen atoms in total. The molecule has 0 spiro atoms. The maximum absolute atomic E-state index is 15.3. The van der Waals surface area contributed by atoms with Crippen LogP contribution in [0.2, 0.25) is 0 Å². The number of alkyl halides is 1. The Hall–Kier alpha value is -3.16. The minimum atomic E-state index is -4.44. The maximum atomic E-state index is 15.3. The van der Waals surface area contributed by atoms with Crippen molar-refractivity contribution >= 4 is 20.4 Å². The van der Waals surface area contributed by atoms with Crippen molar-refractivity contribution in [2.24, 2.45) is 4.99 Å². The average molecular weight is 542 g/mol. The van der Waals surface area contributed by atoms with Gasteiger partial charge in [0, 0.05) is 12.3 Å². The number of nitrogens with zero attached hydrogens (tertiary/aromatic N) is 2. The van der Waals surface area contributed by atoms with E-state index in [9.17, 15) is 24.1 Å². The number of carbonyl (C=O) groups excluding carboxylic acids is 1. The summed E-state index contributed by atoms with van der Waals surface area (Å²) >= 11 is 0. The molecule has 1 saturated heterocycles. The van der Waals surface area contributed by atoms with Gasteiger partial charge in [0.15, 0.2) is 12.4 Å². The SMILES string of the molecule is C=N[C@]1(COP(=O)(N[C@@H](C)C(=O)OC(C)C)Oc2ccccc2)O[C@@H](n2ccc(=O)[nH]c2=O)[C@H](O)[C@@H]1F. The highest BCUT2D eigenvalue weighted by Gasteiger charge is 2.57. The second-order valence-corrected chi connectivity index (χ2v) is 10.1. The van der Waals surface area contributed by atoms with Gasteiger partial charge in [-0.2, -0.15) is 5.09 Å². The third-order valence-electron chi connectivity index (χ3n) is 5.21. The molecule has 1 aromatic carbocycles. The lowest BCUT2D eigenvalue weighted by molar-refractivity contribution is -0.149. The van der Waals surface area contributed by atoms with Gasteiger partial charge >= 0.3 is 19.4 Å². The van der Waals surface area contributed by atoms with Gasteiger partial charge < -0.3 is 19.1 Å². The van der Waals surface area contributed by atoms with Crippen molar-refractivity contribution in [1.82, 2.24) is 14.6 Å². The van der Waals surface area contributed by atoms with Gasteiger partial charge in [0.2, 0.25) is 5.72 Å². The molecule has 0 aliphatic carbocycles. The zero-order valence-corrected chi connectivity index (χ0v) is 21.2. The van der Waals surface area contributed by atoms with Crippen LogP contribution in [-0.4, -0.2) is 64.1 Å². The molecule has 0 saturated carbocycles. The fourth-order valence-electron chi connectivity index (χ4n) is 3.40. The Bertz CT molecular complexity index is 1270. The van der Waals surface area contributed by atoms with Gasteiger partial charge in [-0.25, -0.2) is 13.8 Å². The number of hydrogen-bond donors (Lipinski definition) is 3. The molecule has 0 amide bonds. The van der Waals surface area contributed by atoms with Gasteiger partial charge in [0.1, 0.15) is 24.5 Å². The molecule has 15 heteroatoms. The van der Waals surface area contributed by atoms with Crippen LogP contribution in [0.5, 0.6) is 5.75 Å². The van der Waals surface area contributed by atoms with Crippen LogP contribution in [0.15, 0.2) is 57.2 Å². The van der Waals surface area contributed by atoms with Gasteiger partial charge in [-0.15, -0.1) is 0 Å². The van der Waals surface area contributed by atoms with E-state index in [0.29, 0.717) is 0 Å². The summed E-state index contributed by atoms with van der Waals surface area (Å²) in [5.41, 5.74) is -4.02. The highest BCUT2D eigenvalue weighted by molar-refractivity contribution is 7.52. The number of aromatic nitrogens is 2. The van der Waals surface area contributed by atoms with Crippen molar-refractivity contribution in [3.05, 3.63) is 63.4 Å². The molecule has 6 atom stereocenters. The number of hydrogen-bond acceptors (Lipinski definition) is 10. The van der Waals surface area contributed by atoms with Crippen molar-refractivity contribution in [1.29, 1.82) is 0 Å². The zero-order chi connectivity index (χ0) is 27.4. The smallest absolute Gasteiger partial charge is 0.459 e. The molecule has 1 fully saturated rings. The minimum absolute atomic E-state index is 0.102. The van der Waals surface area contributed by atoms with E-state index in [1.54, 1.807) is 32.0 Å². The summed E-state index contributed by atoms with van der Waals surface area (Å²) in [6, 6.07) is 7.64. The third kappa shape index (κ3) is 6.59. The van der Waals surface area contributed by atoms with E-state index in [0.717, 1.165) is 16.8 Å². The Labute approximate surface area is 210 Å². The van der Waals surface area contributed by atoms with E-state index in [-0.39, 0.29) is 5.75 Å².